The highest BCUT2D eigenvalue weighted by molar-refractivity contribution is 6.74. The van der Waals surface area contributed by atoms with E-state index in [1.165, 1.54) is 0 Å². The van der Waals surface area contributed by atoms with Gasteiger partial charge in [0.15, 0.2) is 8.32 Å². The Bertz CT molecular complexity index is 235. The highest BCUT2D eigenvalue weighted by atomic mass is 28.4. The maximum Gasteiger partial charge on any atom is 0.192 e. The molecule has 1 rings (SSSR count). The van der Waals surface area contributed by atoms with Gasteiger partial charge in [-0.05, 0) is 31.1 Å². The van der Waals surface area contributed by atoms with E-state index in [1.54, 1.807) is 0 Å². The molecule has 1 aliphatic rings. The minimum atomic E-state index is -1.73. The van der Waals surface area contributed by atoms with Crippen molar-refractivity contribution < 1.29 is 9.22 Å². The molecule has 0 bridgehead atoms. The molecule has 1 N–H and O–H groups in total. The second kappa shape index (κ2) is 4.35. The van der Waals surface area contributed by atoms with E-state index in [-0.39, 0.29) is 17.2 Å². The molecule has 0 radical (unpaired) electrons. The number of rotatable bonds is 3. The fraction of sp³-hybridized carbons (Fsp3) is 0.909. The van der Waals surface area contributed by atoms with Gasteiger partial charge in [0.25, 0.3) is 0 Å². The Morgan fingerprint density at radius 1 is 1.40 bits per heavy atom. The summed E-state index contributed by atoms with van der Waals surface area (Å²) < 4.78 is 6.21. The van der Waals surface area contributed by atoms with Crippen molar-refractivity contribution in [3.05, 3.63) is 0 Å². The second-order valence-electron chi connectivity index (χ2n) is 5.82. The number of carbonyl (C=O) groups is 1. The lowest BCUT2D eigenvalue weighted by molar-refractivity contribution is -0.110. The first-order chi connectivity index (χ1) is 6.78. The molecule has 0 aromatic heterocycles. The maximum atomic E-state index is 10.8. The van der Waals surface area contributed by atoms with Gasteiger partial charge in [0.05, 0.1) is 12.1 Å². The predicted molar refractivity (Wildman–Crippen MR) is 64.5 cm³/mol. The van der Waals surface area contributed by atoms with Crippen LogP contribution >= 0.6 is 0 Å². The Morgan fingerprint density at radius 2 is 2.00 bits per heavy atom. The van der Waals surface area contributed by atoms with Crippen LogP contribution in [-0.4, -0.2) is 33.3 Å². The van der Waals surface area contributed by atoms with Crippen molar-refractivity contribution in [3.8, 4) is 0 Å². The zero-order chi connectivity index (χ0) is 11.7. The minimum absolute atomic E-state index is 0.0865. The van der Waals surface area contributed by atoms with Gasteiger partial charge >= 0.3 is 0 Å². The summed E-state index contributed by atoms with van der Waals surface area (Å²) in [7, 11) is -1.73. The molecular weight excluding hydrogens is 206 g/mol. The summed E-state index contributed by atoms with van der Waals surface area (Å²) in [5, 5.41) is 3.37. The van der Waals surface area contributed by atoms with Crippen molar-refractivity contribution in [2.24, 2.45) is 0 Å². The van der Waals surface area contributed by atoms with E-state index < -0.39 is 8.32 Å². The van der Waals surface area contributed by atoms with Crippen molar-refractivity contribution in [1.82, 2.24) is 5.32 Å². The van der Waals surface area contributed by atoms with Gasteiger partial charge in [0.1, 0.15) is 6.29 Å². The predicted octanol–water partition coefficient (Wildman–Crippen LogP) is 1.94. The van der Waals surface area contributed by atoms with E-state index >= 15 is 0 Å². The lowest BCUT2D eigenvalue weighted by Crippen LogP contribution is -2.47. The Morgan fingerprint density at radius 3 is 2.47 bits per heavy atom. The lowest BCUT2D eigenvalue weighted by atomic mass is 10.2. The second-order valence-corrected chi connectivity index (χ2v) is 10.6. The molecule has 0 aliphatic carbocycles. The minimum Gasteiger partial charge on any atom is -0.412 e. The zero-order valence-electron chi connectivity index (χ0n) is 10.5. The van der Waals surface area contributed by atoms with E-state index in [1.807, 2.05) is 0 Å². The van der Waals surface area contributed by atoms with Crippen LogP contribution in [0.5, 0.6) is 0 Å². The fourth-order valence-corrected chi connectivity index (χ4v) is 2.90. The summed E-state index contributed by atoms with van der Waals surface area (Å²) in [6.07, 6.45) is 2.02. The zero-order valence-corrected chi connectivity index (χ0v) is 11.5. The standard InChI is InChI=1S/C11H23NO2Si/c1-11(2,3)15(4,5)14-10-6-7-12-9(10)8-13/h8-10,12H,6-7H2,1-5H3. The molecule has 88 valence electrons. The molecule has 3 nitrogen and oxygen atoms in total. The van der Waals surface area contributed by atoms with Crippen molar-refractivity contribution in [2.45, 2.75) is 57.5 Å². The average Bonchev–Trinajstić information content (AvgIpc) is 2.48. The molecular formula is C11H23NO2Si. The SMILES string of the molecule is CC(C)(C)[Si](C)(C)OC1CCNC1C=O. The number of carbonyl (C=O) groups excluding carboxylic acids is 1. The molecule has 0 aromatic rings. The van der Waals surface area contributed by atoms with Crippen LogP contribution in [0.4, 0.5) is 0 Å². The van der Waals surface area contributed by atoms with Gasteiger partial charge < -0.3 is 14.5 Å². The molecule has 0 spiro atoms. The molecule has 2 unspecified atom stereocenters. The first kappa shape index (κ1) is 12.9. The van der Waals surface area contributed by atoms with Gasteiger partial charge in [-0.3, -0.25) is 0 Å². The Kier molecular flexibility index (Phi) is 3.74. The van der Waals surface area contributed by atoms with Crippen LogP contribution in [0.15, 0.2) is 0 Å². The summed E-state index contributed by atoms with van der Waals surface area (Å²) >= 11 is 0. The van der Waals surface area contributed by atoms with Gasteiger partial charge in [-0.25, -0.2) is 0 Å². The quantitative estimate of drug-likeness (QED) is 0.594. The van der Waals surface area contributed by atoms with Gasteiger partial charge in [-0.2, -0.15) is 0 Å². The molecule has 4 heteroatoms. The topological polar surface area (TPSA) is 38.3 Å². The molecule has 15 heavy (non-hydrogen) atoms. The van der Waals surface area contributed by atoms with Gasteiger partial charge in [-0.15, -0.1) is 0 Å². The number of nitrogens with one attached hydrogen (secondary N) is 1. The van der Waals surface area contributed by atoms with Crippen LogP contribution in [-0.2, 0) is 9.22 Å². The monoisotopic (exact) mass is 229 g/mol. The summed E-state index contributed by atoms with van der Waals surface area (Å²) in [5.41, 5.74) is 0. The third-order valence-corrected chi connectivity index (χ3v) is 8.11. The van der Waals surface area contributed by atoms with E-state index in [0.29, 0.717) is 0 Å². The highest BCUT2D eigenvalue weighted by Crippen LogP contribution is 2.38. The molecule has 1 saturated heterocycles. The van der Waals surface area contributed by atoms with Crippen molar-refractivity contribution in [2.75, 3.05) is 6.54 Å². The van der Waals surface area contributed by atoms with Crippen LogP contribution in [0, 0.1) is 0 Å². The molecule has 1 heterocycles. The largest absolute Gasteiger partial charge is 0.412 e. The van der Waals surface area contributed by atoms with Crippen molar-refractivity contribution >= 4 is 14.6 Å². The van der Waals surface area contributed by atoms with Gasteiger partial charge in [-0.1, -0.05) is 20.8 Å². The maximum absolute atomic E-state index is 10.8. The number of aldehydes is 1. The van der Waals surface area contributed by atoms with Crippen LogP contribution in [0.2, 0.25) is 18.1 Å². The molecule has 1 fully saturated rings. The van der Waals surface area contributed by atoms with E-state index in [4.69, 9.17) is 4.43 Å². The number of hydrogen-bond acceptors (Lipinski definition) is 3. The molecule has 2 atom stereocenters. The highest BCUT2D eigenvalue weighted by Gasteiger charge is 2.41. The first-order valence-electron chi connectivity index (χ1n) is 5.64. The van der Waals surface area contributed by atoms with E-state index in [2.05, 4.69) is 39.2 Å². The van der Waals surface area contributed by atoms with Crippen LogP contribution in [0.25, 0.3) is 0 Å². The summed E-state index contributed by atoms with van der Waals surface area (Å²) in [5.74, 6) is 0. The third-order valence-electron chi connectivity index (χ3n) is 3.61. The van der Waals surface area contributed by atoms with Crippen molar-refractivity contribution in [1.29, 1.82) is 0 Å². The Balaban J connectivity index is 2.64. The van der Waals surface area contributed by atoms with Gasteiger partial charge in [0.2, 0.25) is 0 Å². The van der Waals surface area contributed by atoms with Crippen LogP contribution in [0.1, 0.15) is 27.2 Å². The van der Waals surface area contributed by atoms with Gasteiger partial charge in [0, 0.05) is 0 Å². The summed E-state index contributed by atoms with van der Waals surface area (Å²) in [6.45, 7) is 12.0. The molecule has 0 aromatic carbocycles. The Labute approximate surface area is 93.7 Å². The van der Waals surface area contributed by atoms with Crippen LogP contribution in [0.3, 0.4) is 0 Å². The van der Waals surface area contributed by atoms with Crippen molar-refractivity contribution in [3.63, 3.8) is 0 Å². The summed E-state index contributed by atoms with van der Waals surface area (Å²) in [4.78, 5) is 10.8. The third kappa shape index (κ3) is 2.89. The Hall–Kier alpha value is -0.193. The number of hydrogen-bond donors (Lipinski definition) is 1. The molecule has 0 amide bonds. The molecule has 1 aliphatic heterocycles. The van der Waals surface area contributed by atoms with E-state index in [0.717, 1.165) is 19.3 Å². The van der Waals surface area contributed by atoms with E-state index in [9.17, 15) is 4.79 Å². The normalized spacial score (nSPS) is 28.1. The van der Waals surface area contributed by atoms with Crippen LogP contribution < -0.4 is 5.32 Å². The fourth-order valence-electron chi connectivity index (χ4n) is 1.53. The smallest absolute Gasteiger partial charge is 0.192 e. The summed E-state index contributed by atoms with van der Waals surface area (Å²) in [6, 6.07) is -0.0980. The first-order valence-corrected chi connectivity index (χ1v) is 8.55. The lowest BCUT2D eigenvalue weighted by Gasteiger charge is -2.39. The molecule has 0 saturated carbocycles. The average molecular weight is 229 g/mol.